The maximum absolute atomic E-state index is 12.7. The van der Waals surface area contributed by atoms with Crippen molar-refractivity contribution < 1.29 is 14.3 Å². The van der Waals surface area contributed by atoms with Gasteiger partial charge in [-0.25, -0.2) is 0 Å². The van der Waals surface area contributed by atoms with Crippen LogP contribution >= 0.6 is 0 Å². The van der Waals surface area contributed by atoms with E-state index in [-0.39, 0.29) is 23.8 Å². The van der Waals surface area contributed by atoms with Crippen molar-refractivity contribution >= 4 is 11.8 Å². The van der Waals surface area contributed by atoms with Gasteiger partial charge in [0.2, 0.25) is 5.91 Å². The quantitative estimate of drug-likeness (QED) is 0.828. The molecular formula is C20H32N4O3. The first kappa shape index (κ1) is 19.9. The molecular weight excluding hydrogens is 344 g/mol. The maximum atomic E-state index is 12.7. The van der Waals surface area contributed by atoms with E-state index in [1.54, 1.807) is 6.20 Å². The van der Waals surface area contributed by atoms with Gasteiger partial charge in [-0.05, 0) is 46.0 Å². The van der Waals surface area contributed by atoms with E-state index in [1.807, 2.05) is 23.6 Å². The Balaban J connectivity index is 1.56. The molecule has 0 unspecified atom stereocenters. The molecule has 7 nitrogen and oxygen atoms in total. The van der Waals surface area contributed by atoms with Crippen LogP contribution in [0.1, 0.15) is 74.3 Å². The van der Waals surface area contributed by atoms with E-state index in [2.05, 4.69) is 10.2 Å². The number of nitrogens with one attached hydrogen (secondary N) is 1. The fourth-order valence-electron chi connectivity index (χ4n) is 4.17. The highest BCUT2D eigenvalue weighted by molar-refractivity contribution is 5.95. The average molecular weight is 377 g/mol. The number of likely N-dealkylation sites (tertiary alicyclic amines) is 1. The molecule has 2 aliphatic rings. The molecule has 0 spiro atoms. The van der Waals surface area contributed by atoms with Gasteiger partial charge in [-0.15, -0.1) is 0 Å². The smallest absolute Gasteiger partial charge is 0.257 e. The van der Waals surface area contributed by atoms with Crippen molar-refractivity contribution in [3.8, 4) is 0 Å². The predicted molar refractivity (Wildman–Crippen MR) is 103 cm³/mol. The second-order valence-corrected chi connectivity index (χ2v) is 7.52. The molecule has 27 heavy (non-hydrogen) atoms. The molecule has 1 N–H and O–H groups in total. The zero-order valence-corrected chi connectivity index (χ0v) is 16.6. The number of nitrogens with zero attached hydrogens (tertiary/aromatic N) is 3. The largest absolute Gasteiger partial charge is 0.378 e. The monoisotopic (exact) mass is 376 g/mol. The number of hydrogen-bond donors (Lipinski definition) is 1. The second kappa shape index (κ2) is 9.35. The van der Waals surface area contributed by atoms with Gasteiger partial charge in [0.05, 0.1) is 30.0 Å². The Labute approximate surface area is 161 Å². The lowest BCUT2D eigenvalue weighted by Crippen LogP contribution is -2.40. The second-order valence-electron chi connectivity index (χ2n) is 7.52. The van der Waals surface area contributed by atoms with Gasteiger partial charge in [-0.2, -0.15) is 5.10 Å². The van der Waals surface area contributed by atoms with Crippen LogP contribution in [0.25, 0.3) is 0 Å². The Bertz CT molecular complexity index is 627. The molecule has 2 saturated heterocycles. The lowest BCUT2D eigenvalue weighted by atomic mass is 9.90. The van der Waals surface area contributed by atoms with Crippen LogP contribution in [0.15, 0.2) is 6.20 Å². The fourth-order valence-corrected chi connectivity index (χ4v) is 4.17. The van der Waals surface area contributed by atoms with Gasteiger partial charge in [0.15, 0.2) is 0 Å². The highest BCUT2D eigenvalue weighted by Crippen LogP contribution is 2.30. The van der Waals surface area contributed by atoms with Crippen molar-refractivity contribution in [2.75, 3.05) is 32.8 Å². The summed E-state index contributed by atoms with van der Waals surface area (Å²) in [5, 5.41) is 7.18. The number of hydrogen-bond acceptors (Lipinski definition) is 4. The van der Waals surface area contributed by atoms with Crippen LogP contribution in [0.3, 0.4) is 0 Å². The van der Waals surface area contributed by atoms with Crippen molar-refractivity contribution in [1.82, 2.24) is 20.0 Å². The molecule has 0 aliphatic carbocycles. The van der Waals surface area contributed by atoms with Crippen LogP contribution in [0, 0.1) is 0 Å². The molecule has 1 aromatic heterocycles. The van der Waals surface area contributed by atoms with Crippen LogP contribution < -0.4 is 0 Å². The van der Waals surface area contributed by atoms with Crippen molar-refractivity contribution in [2.45, 2.75) is 64.4 Å². The summed E-state index contributed by atoms with van der Waals surface area (Å²) in [6.45, 7) is 7.60. The Morgan fingerprint density at radius 2 is 1.96 bits per heavy atom. The summed E-state index contributed by atoms with van der Waals surface area (Å²) in [5.41, 5.74) is 1.61. The van der Waals surface area contributed by atoms with E-state index in [0.717, 1.165) is 57.5 Å². The number of carbonyl (C=O) groups excluding carboxylic acids is 2. The zero-order chi connectivity index (χ0) is 19.2. The molecule has 0 bridgehead atoms. The molecule has 3 heterocycles. The molecule has 0 radical (unpaired) electrons. The Hall–Kier alpha value is -1.89. The highest BCUT2D eigenvalue weighted by Gasteiger charge is 2.30. The lowest BCUT2D eigenvalue weighted by Gasteiger charge is -2.33. The van der Waals surface area contributed by atoms with E-state index < -0.39 is 0 Å². The van der Waals surface area contributed by atoms with Crippen LogP contribution in [-0.4, -0.2) is 70.7 Å². The van der Waals surface area contributed by atoms with E-state index >= 15 is 0 Å². The molecule has 2 fully saturated rings. The zero-order valence-electron chi connectivity index (χ0n) is 16.6. The van der Waals surface area contributed by atoms with E-state index in [9.17, 15) is 9.59 Å². The SMILES string of the molecule is CCN(CC)C(=O)c1cn[nH]c1C1CCN(C(=O)C[C@H]2CCCCO2)CC1. The number of aromatic amines is 1. The first-order valence-corrected chi connectivity index (χ1v) is 10.4. The minimum Gasteiger partial charge on any atom is -0.378 e. The number of amides is 2. The molecule has 1 atom stereocenters. The van der Waals surface area contributed by atoms with E-state index in [0.29, 0.717) is 25.1 Å². The predicted octanol–water partition coefficient (Wildman–Crippen LogP) is 2.56. The maximum Gasteiger partial charge on any atom is 0.257 e. The number of ether oxygens (including phenoxy) is 1. The topological polar surface area (TPSA) is 78.5 Å². The molecule has 0 aromatic carbocycles. The van der Waals surface area contributed by atoms with Crippen LogP contribution in [-0.2, 0) is 9.53 Å². The Morgan fingerprint density at radius 3 is 2.59 bits per heavy atom. The number of piperidine rings is 1. The Kier molecular flexibility index (Phi) is 6.88. The van der Waals surface area contributed by atoms with Crippen molar-refractivity contribution in [3.05, 3.63) is 17.5 Å². The third kappa shape index (κ3) is 4.69. The van der Waals surface area contributed by atoms with Crippen LogP contribution in [0.2, 0.25) is 0 Å². The summed E-state index contributed by atoms with van der Waals surface area (Å²) in [6.07, 6.45) is 7.21. The normalized spacial score (nSPS) is 21.3. The first-order chi connectivity index (χ1) is 13.1. The number of rotatable bonds is 6. The summed E-state index contributed by atoms with van der Waals surface area (Å²) in [7, 11) is 0. The molecule has 2 aliphatic heterocycles. The van der Waals surface area contributed by atoms with Gasteiger partial charge in [0, 0.05) is 38.7 Å². The van der Waals surface area contributed by atoms with Crippen molar-refractivity contribution in [2.24, 2.45) is 0 Å². The lowest BCUT2D eigenvalue weighted by molar-refractivity contribution is -0.136. The minimum absolute atomic E-state index is 0.0386. The molecule has 3 rings (SSSR count). The molecule has 1 aromatic rings. The summed E-state index contributed by atoms with van der Waals surface area (Å²) in [6, 6.07) is 0. The summed E-state index contributed by atoms with van der Waals surface area (Å²) < 4.78 is 5.70. The van der Waals surface area contributed by atoms with Gasteiger partial charge in [0.1, 0.15) is 0 Å². The van der Waals surface area contributed by atoms with Crippen LogP contribution in [0.4, 0.5) is 0 Å². The Morgan fingerprint density at radius 1 is 1.22 bits per heavy atom. The highest BCUT2D eigenvalue weighted by atomic mass is 16.5. The standard InChI is InChI=1S/C20H32N4O3/c1-3-23(4-2)20(26)17-14-21-22-19(17)15-8-10-24(11-9-15)18(25)13-16-7-5-6-12-27-16/h14-16H,3-13H2,1-2H3,(H,21,22)/t16-/m1/s1. The van der Waals surface area contributed by atoms with Gasteiger partial charge < -0.3 is 14.5 Å². The van der Waals surface area contributed by atoms with Gasteiger partial charge in [0.25, 0.3) is 5.91 Å². The number of aromatic nitrogens is 2. The first-order valence-electron chi connectivity index (χ1n) is 10.4. The summed E-state index contributed by atoms with van der Waals surface area (Å²) >= 11 is 0. The third-order valence-electron chi connectivity index (χ3n) is 5.88. The molecule has 2 amide bonds. The molecule has 7 heteroatoms. The van der Waals surface area contributed by atoms with E-state index in [4.69, 9.17) is 4.74 Å². The third-order valence-corrected chi connectivity index (χ3v) is 5.88. The van der Waals surface area contributed by atoms with E-state index in [1.165, 1.54) is 0 Å². The van der Waals surface area contributed by atoms with Gasteiger partial charge >= 0.3 is 0 Å². The average Bonchev–Trinajstić information content (AvgIpc) is 3.19. The minimum atomic E-state index is 0.0386. The van der Waals surface area contributed by atoms with Crippen molar-refractivity contribution in [3.63, 3.8) is 0 Å². The number of carbonyl (C=O) groups is 2. The molecule has 150 valence electrons. The van der Waals surface area contributed by atoms with Crippen molar-refractivity contribution in [1.29, 1.82) is 0 Å². The summed E-state index contributed by atoms with van der Waals surface area (Å²) in [5.74, 6) is 0.484. The summed E-state index contributed by atoms with van der Waals surface area (Å²) in [4.78, 5) is 29.1. The molecule has 0 saturated carbocycles. The fraction of sp³-hybridized carbons (Fsp3) is 0.750. The van der Waals surface area contributed by atoms with Gasteiger partial charge in [-0.1, -0.05) is 0 Å². The number of H-pyrrole nitrogens is 1. The van der Waals surface area contributed by atoms with Crippen LogP contribution in [0.5, 0.6) is 0 Å². The van der Waals surface area contributed by atoms with Gasteiger partial charge in [-0.3, -0.25) is 14.7 Å².